The fourth-order valence-electron chi connectivity index (χ4n) is 2.95. The van der Waals surface area contributed by atoms with Gasteiger partial charge in [0.1, 0.15) is 18.2 Å². The molecule has 1 fully saturated rings. The minimum atomic E-state index is -0.906. The highest BCUT2D eigenvalue weighted by Crippen LogP contribution is 2.27. The highest BCUT2D eigenvalue weighted by Gasteiger charge is 2.32. The second-order valence-corrected chi connectivity index (χ2v) is 7.29. The SMILES string of the molecule is COc1ccnc(C(=O)N[C@H]2CCCC[C@@H](OC(=O)C(C)C)[C@H](C)OC2=O)c1O. The summed E-state index contributed by atoms with van der Waals surface area (Å²) in [7, 11) is 1.36. The van der Waals surface area contributed by atoms with Crippen molar-refractivity contribution >= 4 is 17.8 Å². The number of methoxy groups -OCH3 is 1. The third-order valence-corrected chi connectivity index (χ3v) is 4.71. The Bertz CT molecular complexity index is 750. The van der Waals surface area contributed by atoms with E-state index in [1.165, 1.54) is 19.4 Å². The van der Waals surface area contributed by atoms with Crippen LogP contribution >= 0.6 is 0 Å². The predicted molar refractivity (Wildman–Crippen MR) is 102 cm³/mol. The maximum Gasteiger partial charge on any atom is 0.329 e. The van der Waals surface area contributed by atoms with Crippen molar-refractivity contribution in [1.29, 1.82) is 0 Å². The molecule has 1 saturated heterocycles. The zero-order chi connectivity index (χ0) is 21.6. The molecule has 1 aromatic heterocycles. The van der Waals surface area contributed by atoms with Gasteiger partial charge in [-0.25, -0.2) is 9.78 Å². The van der Waals surface area contributed by atoms with Crippen molar-refractivity contribution in [3.8, 4) is 11.5 Å². The van der Waals surface area contributed by atoms with Gasteiger partial charge in [-0.15, -0.1) is 0 Å². The summed E-state index contributed by atoms with van der Waals surface area (Å²) < 4.78 is 15.9. The standard InChI is InChI=1S/C20H28N2O7/c1-11(2)19(25)29-14-8-6-5-7-13(20(26)28-12(14)3)22-18(24)16-17(23)15(27-4)9-10-21-16/h9-14,23H,5-8H2,1-4H3,(H,22,24)/t12-,13-,14+/m0/s1. The first-order valence-electron chi connectivity index (χ1n) is 9.68. The average molecular weight is 408 g/mol. The molecule has 1 aliphatic heterocycles. The summed E-state index contributed by atoms with van der Waals surface area (Å²) >= 11 is 0. The summed E-state index contributed by atoms with van der Waals surface area (Å²) in [6, 6.07) is 0.512. The predicted octanol–water partition coefficient (Wildman–Crippen LogP) is 1.97. The van der Waals surface area contributed by atoms with Crippen LogP contribution < -0.4 is 10.1 Å². The lowest BCUT2D eigenvalue weighted by Crippen LogP contribution is -2.44. The number of ether oxygens (including phenoxy) is 3. The lowest BCUT2D eigenvalue weighted by Gasteiger charge is -2.25. The molecule has 160 valence electrons. The van der Waals surface area contributed by atoms with Crippen LogP contribution in [0.5, 0.6) is 11.5 Å². The molecule has 2 rings (SSSR count). The van der Waals surface area contributed by atoms with Crippen LogP contribution in [-0.4, -0.2) is 53.3 Å². The van der Waals surface area contributed by atoms with Crippen molar-refractivity contribution in [3.05, 3.63) is 18.0 Å². The van der Waals surface area contributed by atoms with Gasteiger partial charge in [0.2, 0.25) is 0 Å². The van der Waals surface area contributed by atoms with Gasteiger partial charge in [-0.2, -0.15) is 0 Å². The van der Waals surface area contributed by atoms with Crippen molar-refractivity contribution < 1.29 is 33.7 Å². The molecule has 1 amide bonds. The zero-order valence-corrected chi connectivity index (χ0v) is 17.1. The van der Waals surface area contributed by atoms with Gasteiger partial charge in [0.15, 0.2) is 17.2 Å². The summed E-state index contributed by atoms with van der Waals surface area (Å²) in [6.07, 6.45) is 2.38. The summed E-state index contributed by atoms with van der Waals surface area (Å²) in [5.74, 6) is -2.26. The minimum absolute atomic E-state index is 0.102. The summed E-state index contributed by atoms with van der Waals surface area (Å²) in [5, 5.41) is 12.7. The van der Waals surface area contributed by atoms with E-state index in [0.717, 1.165) is 0 Å². The third-order valence-electron chi connectivity index (χ3n) is 4.71. The van der Waals surface area contributed by atoms with Crippen LogP contribution in [0.3, 0.4) is 0 Å². The van der Waals surface area contributed by atoms with Gasteiger partial charge in [-0.1, -0.05) is 20.3 Å². The molecule has 3 atom stereocenters. The molecular formula is C20H28N2O7. The number of esters is 2. The average Bonchev–Trinajstić information content (AvgIpc) is 2.73. The van der Waals surface area contributed by atoms with Crippen LogP contribution in [0, 0.1) is 5.92 Å². The van der Waals surface area contributed by atoms with Gasteiger partial charge < -0.3 is 24.6 Å². The lowest BCUT2D eigenvalue weighted by molar-refractivity contribution is -0.170. The Labute approximate surface area is 169 Å². The van der Waals surface area contributed by atoms with Gasteiger partial charge in [-0.05, 0) is 26.2 Å². The Morgan fingerprint density at radius 1 is 1.31 bits per heavy atom. The van der Waals surface area contributed by atoms with Crippen LogP contribution in [-0.2, 0) is 19.1 Å². The van der Waals surface area contributed by atoms with E-state index in [1.54, 1.807) is 20.8 Å². The molecule has 0 saturated carbocycles. The fraction of sp³-hybridized carbons (Fsp3) is 0.600. The third kappa shape index (κ3) is 5.82. The van der Waals surface area contributed by atoms with Crippen LogP contribution in [0.4, 0.5) is 0 Å². The van der Waals surface area contributed by atoms with E-state index >= 15 is 0 Å². The number of nitrogens with one attached hydrogen (secondary N) is 1. The number of nitrogens with zero attached hydrogens (tertiary/aromatic N) is 1. The molecule has 9 nitrogen and oxygen atoms in total. The van der Waals surface area contributed by atoms with Gasteiger partial charge in [0.25, 0.3) is 5.91 Å². The number of cyclic esters (lactones) is 1. The number of hydrogen-bond acceptors (Lipinski definition) is 8. The molecule has 1 aromatic rings. The van der Waals surface area contributed by atoms with Crippen LogP contribution in [0.2, 0.25) is 0 Å². The molecule has 0 radical (unpaired) electrons. The van der Waals surface area contributed by atoms with Crippen LogP contribution in [0.15, 0.2) is 12.3 Å². The number of amides is 1. The van der Waals surface area contributed by atoms with E-state index in [9.17, 15) is 19.5 Å². The number of aromatic nitrogens is 1. The Hall–Kier alpha value is -2.84. The molecular weight excluding hydrogens is 380 g/mol. The van der Waals surface area contributed by atoms with Crippen LogP contribution in [0.1, 0.15) is 56.9 Å². The Morgan fingerprint density at radius 3 is 2.66 bits per heavy atom. The molecule has 1 aliphatic rings. The Morgan fingerprint density at radius 2 is 2.00 bits per heavy atom. The van der Waals surface area contributed by atoms with E-state index in [2.05, 4.69) is 10.3 Å². The normalized spacial score (nSPS) is 22.7. The second kappa shape index (κ2) is 10.1. The van der Waals surface area contributed by atoms with Gasteiger partial charge in [0.05, 0.1) is 13.0 Å². The Kier molecular flexibility index (Phi) is 7.81. The van der Waals surface area contributed by atoms with E-state index in [1.807, 2.05) is 0 Å². The number of carbonyl (C=O) groups excluding carboxylic acids is 3. The van der Waals surface area contributed by atoms with E-state index < -0.39 is 35.9 Å². The molecule has 0 spiro atoms. The lowest BCUT2D eigenvalue weighted by atomic mass is 10.0. The molecule has 0 aromatic carbocycles. The minimum Gasteiger partial charge on any atom is -0.503 e. The number of pyridine rings is 1. The number of rotatable bonds is 5. The first-order valence-corrected chi connectivity index (χ1v) is 9.68. The van der Waals surface area contributed by atoms with Crippen molar-refractivity contribution in [2.75, 3.05) is 7.11 Å². The van der Waals surface area contributed by atoms with Gasteiger partial charge >= 0.3 is 11.9 Å². The monoisotopic (exact) mass is 408 g/mol. The molecule has 0 unspecified atom stereocenters. The maximum absolute atomic E-state index is 12.6. The largest absolute Gasteiger partial charge is 0.503 e. The van der Waals surface area contributed by atoms with Crippen LogP contribution in [0.25, 0.3) is 0 Å². The molecule has 2 heterocycles. The summed E-state index contributed by atoms with van der Waals surface area (Å²) in [6.45, 7) is 5.14. The summed E-state index contributed by atoms with van der Waals surface area (Å²) in [5.41, 5.74) is -0.242. The highest BCUT2D eigenvalue weighted by molar-refractivity contribution is 5.97. The van der Waals surface area contributed by atoms with Crippen molar-refractivity contribution in [2.45, 2.75) is 64.7 Å². The highest BCUT2D eigenvalue weighted by atomic mass is 16.6. The van der Waals surface area contributed by atoms with Gasteiger partial charge in [0, 0.05) is 12.3 Å². The molecule has 0 bridgehead atoms. The first-order chi connectivity index (χ1) is 13.7. The van der Waals surface area contributed by atoms with Crippen molar-refractivity contribution in [3.63, 3.8) is 0 Å². The zero-order valence-electron chi connectivity index (χ0n) is 17.1. The number of carbonyl (C=O) groups is 3. The van der Waals surface area contributed by atoms with E-state index in [0.29, 0.717) is 25.7 Å². The van der Waals surface area contributed by atoms with Crippen molar-refractivity contribution in [2.24, 2.45) is 5.92 Å². The van der Waals surface area contributed by atoms with Crippen molar-refractivity contribution in [1.82, 2.24) is 10.3 Å². The van der Waals surface area contributed by atoms with Gasteiger partial charge in [-0.3, -0.25) is 9.59 Å². The molecule has 0 aliphatic carbocycles. The van der Waals surface area contributed by atoms with E-state index in [4.69, 9.17) is 14.2 Å². The fourth-order valence-corrected chi connectivity index (χ4v) is 2.95. The molecule has 9 heteroatoms. The number of hydrogen-bond donors (Lipinski definition) is 2. The summed E-state index contributed by atoms with van der Waals surface area (Å²) in [4.78, 5) is 40.9. The smallest absolute Gasteiger partial charge is 0.329 e. The molecule has 29 heavy (non-hydrogen) atoms. The maximum atomic E-state index is 12.6. The molecule has 2 N–H and O–H groups in total. The topological polar surface area (TPSA) is 124 Å². The van der Waals surface area contributed by atoms with E-state index in [-0.39, 0.29) is 23.3 Å². The Balaban J connectivity index is 2.08. The quantitative estimate of drug-likeness (QED) is 0.709. The number of aromatic hydroxyl groups is 1. The second-order valence-electron chi connectivity index (χ2n) is 7.29. The first kappa shape index (κ1) is 22.4.